The van der Waals surface area contributed by atoms with Crippen molar-refractivity contribution in [1.29, 1.82) is 0 Å². The van der Waals surface area contributed by atoms with Gasteiger partial charge in [0, 0.05) is 11.4 Å². The number of amides is 1. The third-order valence-electron chi connectivity index (χ3n) is 3.27. The predicted octanol–water partition coefficient (Wildman–Crippen LogP) is 2.34. The lowest BCUT2D eigenvalue weighted by Gasteiger charge is -2.16. The van der Waals surface area contributed by atoms with E-state index in [-0.39, 0.29) is 6.17 Å². The van der Waals surface area contributed by atoms with E-state index in [0.29, 0.717) is 6.41 Å². The van der Waals surface area contributed by atoms with Crippen LogP contribution in [-0.2, 0) is 11.2 Å². The molecule has 0 saturated heterocycles. The molecule has 0 aliphatic heterocycles. The highest BCUT2D eigenvalue weighted by atomic mass is 32.1. The average Bonchev–Trinajstić information content (AvgIpc) is 3.08. The van der Waals surface area contributed by atoms with Crippen molar-refractivity contribution in [2.45, 2.75) is 12.6 Å². The molecule has 1 unspecified atom stereocenters. The molecule has 0 radical (unpaired) electrons. The number of hydrogen-bond acceptors (Lipinski definition) is 5. The van der Waals surface area contributed by atoms with Gasteiger partial charge in [-0.2, -0.15) is 0 Å². The quantitative estimate of drug-likeness (QED) is 0.550. The maximum atomic E-state index is 10.7. The molecule has 1 aromatic carbocycles. The van der Waals surface area contributed by atoms with Crippen molar-refractivity contribution < 1.29 is 14.3 Å². The number of ether oxygens (including phenoxy) is 2. The van der Waals surface area contributed by atoms with Crippen LogP contribution in [0.1, 0.15) is 16.6 Å². The second-order valence-electron chi connectivity index (χ2n) is 4.63. The Morgan fingerprint density at radius 3 is 2.68 bits per heavy atom. The number of methoxy groups -OCH3 is 2. The largest absolute Gasteiger partial charge is 0.493 e. The fourth-order valence-corrected chi connectivity index (χ4v) is 2.92. The van der Waals surface area contributed by atoms with Crippen LogP contribution in [0.2, 0.25) is 0 Å². The number of carbonyl (C=O) groups is 1. The highest BCUT2D eigenvalue weighted by Gasteiger charge is 2.10. The standard InChI is InChI=1S/C16H20N2O3S/c1-20-13-6-5-12(10-14(13)21-2)7-8-17-16(18-11-19)15-4-3-9-22-15/h3-6,9-11,16-17H,7-8H2,1-2H3,(H,18,19). The summed E-state index contributed by atoms with van der Waals surface area (Å²) in [4.78, 5) is 11.8. The van der Waals surface area contributed by atoms with E-state index in [1.807, 2.05) is 35.7 Å². The maximum Gasteiger partial charge on any atom is 0.208 e. The molecule has 2 aromatic rings. The van der Waals surface area contributed by atoms with Gasteiger partial charge in [-0.3, -0.25) is 10.1 Å². The Kier molecular flexibility index (Phi) is 6.24. The first kappa shape index (κ1) is 16.3. The molecule has 22 heavy (non-hydrogen) atoms. The predicted molar refractivity (Wildman–Crippen MR) is 87.5 cm³/mol. The zero-order valence-electron chi connectivity index (χ0n) is 12.7. The molecule has 5 nitrogen and oxygen atoms in total. The third kappa shape index (κ3) is 4.22. The number of thiophene rings is 1. The lowest BCUT2D eigenvalue weighted by Crippen LogP contribution is -2.34. The third-order valence-corrected chi connectivity index (χ3v) is 4.21. The van der Waals surface area contributed by atoms with Crippen molar-refractivity contribution in [3.63, 3.8) is 0 Å². The Labute approximate surface area is 134 Å². The maximum absolute atomic E-state index is 10.7. The van der Waals surface area contributed by atoms with Crippen LogP contribution in [0.15, 0.2) is 35.7 Å². The van der Waals surface area contributed by atoms with Gasteiger partial charge in [0.1, 0.15) is 6.17 Å². The first-order chi connectivity index (χ1) is 10.8. The lowest BCUT2D eigenvalue weighted by molar-refractivity contribution is -0.110. The van der Waals surface area contributed by atoms with Gasteiger partial charge in [0.05, 0.1) is 14.2 Å². The molecule has 0 aliphatic rings. The summed E-state index contributed by atoms with van der Waals surface area (Å²) in [5, 5.41) is 8.11. The fraction of sp³-hybridized carbons (Fsp3) is 0.312. The zero-order chi connectivity index (χ0) is 15.8. The lowest BCUT2D eigenvalue weighted by atomic mass is 10.1. The SMILES string of the molecule is COc1ccc(CCNC(NC=O)c2cccs2)cc1OC. The molecule has 0 saturated carbocycles. The van der Waals surface area contributed by atoms with Crippen molar-refractivity contribution in [3.8, 4) is 11.5 Å². The summed E-state index contributed by atoms with van der Waals surface area (Å²) in [6, 6.07) is 9.84. The summed E-state index contributed by atoms with van der Waals surface area (Å²) in [6.07, 6.45) is 1.38. The van der Waals surface area contributed by atoms with Crippen LogP contribution in [0.5, 0.6) is 11.5 Å². The van der Waals surface area contributed by atoms with Gasteiger partial charge in [-0.1, -0.05) is 12.1 Å². The van der Waals surface area contributed by atoms with E-state index in [1.165, 1.54) is 0 Å². The molecule has 1 heterocycles. The van der Waals surface area contributed by atoms with Gasteiger partial charge < -0.3 is 14.8 Å². The fourth-order valence-electron chi connectivity index (χ4n) is 2.16. The van der Waals surface area contributed by atoms with Crippen molar-refractivity contribution in [3.05, 3.63) is 46.2 Å². The molecule has 2 rings (SSSR count). The number of carbonyl (C=O) groups excluding carboxylic acids is 1. The minimum Gasteiger partial charge on any atom is -0.493 e. The summed E-state index contributed by atoms with van der Waals surface area (Å²) in [5.74, 6) is 1.44. The van der Waals surface area contributed by atoms with Gasteiger partial charge in [-0.15, -0.1) is 11.3 Å². The molecule has 6 heteroatoms. The molecular formula is C16H20N2O3S. The van der Waals surface area contributed by atoms with Crippen LogP contribution in [0, 0.1) is 0 Å². The van der Waals surface area contributed by atoms with Crippen LogP contribution in [-0.4, -0.2) is 27.2 Å². The molecule has 0 bridgehead atoms. The van der Waals surface area contributed by atoms with Gasteiger partial charge in [0.15, 0.2) is 11.5 Å². The van der Waals surface area contributed by atoms with E-state index in [0.717, 1.165) is 34.9 Å². The van der Waals surface area contributed by atoms with Crippen molar-refractivity contribution >= 4 is 17.7 Å². The highest BCUT2D eigenvalue weighted by molar-refractivity contribution is 7.10. The Balaban J connectivity index is 1.93. The first-order valence-corrected chi connectivity index (χ1v) is 7.84. The summed E-state index contributed by atoms with van der Waals surface area (Å²) in [6.45, 7) is 0.735. The zero-order valence-corrected chi connectivity index (χ0v) is 13.5. The Bertz CT molecular complexity index is 587. The smallest absolute Gasteiger partial charge is 0.208 e. The summed E-state index contributed by atoms with van der Waals surface area (Å²) >= 11 is 1.61. The molecule has 1 aromatic heterocycles. The van der Waals surface area contributed by atoms with Gasteiger partial charge in [-0.05, 0) is 35.6 Å². The molecule has 118 valence electrons. The second kappa shape index (κ2) is 8.41. The van der Waals surface area contributed by atoms with E-state index in [4.69, 9.17) is 9.47 Å². The average molecular weight is 320 g/mol. The first-order valence-electron chi connectivity index (χ1n) is 6.96. The second-order valence-corrected chi connectivity index (χ2v) is 5.61. The molecular weight excluding hydrogens is 300 g/mol. The van der Waals surface area contributed by atoms with Crippen LogP contribution in [0.3, 0.4) is 0 Å². The number of rotatable bonds is 9. The summed E-state index contributed by atoms with van der Waals surface area (Å²) < 4.78 is 10.5. The molecule has 0 fully saturated rings. The Morgan fingerprint density at radius 2 is 2.05 bits per heavy atom. The van der Waals surface area contributed by atoms with Crippen LogP contribution >= 0.6 is 11.3 Å². The normalized spacial score (nSPS) is 11.7. The molecule has 2 N–H and O–H groups in total. The number of hydrogen-bond donors (Lipinski definition) is 2. The molecule has 0 spiro atoms. The van der Waals surface area contributed by atoms with E-state index in [1.54, 1.807) is 25.6 Å². The number of nitrogens with one attached hydrogen (secondary N) is 2. The minimum absolute atomic E-state index is 0.155. The van der Waals surface area contributed by atoms with E-state index >= 15 is 0 Å². The molecule has 1 amide bonds. The summed E-state index contributed by atoms with van der Waals surface area (Å²) in [7, 11) is 3.25. The van der Waals surface area contributed by atoms with Gasteiger partial charge in [0.2, 0.25) is 6.41 Å². The van der Waals surface area contributed by atoms with Crippen LogP contribution < -0.4 is 20.1 Å². The molecule has 0 aliphatic carbocycles. The van der Waals surface area contributed by atoms with Crippen LogP contribution in [0.25, 0.3) is 0 Å². The van der Waals surface area contributed by atoms with E-state index in [9.17, 15) is 4.79 Å². The van der Waals surface area contributed by atoms with Crippen molar-refractivity contribution in [1.82, 2.24) is 10.6 Å². The van der Waals surface area contributed by atoms with Crippen LogP contribution in [0.4, 0.5) is 0 Å². The Morgan fingerprint density at radius 1 is 1.23 bits per heavy atom. The van der Waals surface area contributed by atoms with Gasteiger partial charge >= 0.3 is 0 Å². The van der Waals surface area contributed by atoms with Crippen molar-refractivity contribution in [2.24, 2.45) is 0 Å². The van der Waals surface area contributed by atoms with Gasteiger partial charge in [0.25, 0.3) is 0 Å². The van der Waals surface area contributed by atoms with E-state index < -0.39 is 0 Å². The topological polar surface area (TPSA) is 59.6 Å². The van der Waals surface area contributed by atoms with E-state index in [2.05, 4.69) is 10.6 Å². The van der Waals surface area contributed by atoms with Crippen molar-refractivity contribution in [2.75, 3.05) is 20.8 Å². The molecule has 1 atom stereocenters. The monoisotopic (exact) mass is 320 g/mol. The minimum atomic E-state index is -0.155. The van der Waals surface area contributed by atoms with Gasteiger partial charge in [-0.25, -0.2) is 0 Å². The summed E-state index contributed by atoms with van der Waals surface area (Å²) in [5.41, 5.74) is 1.14. The number of benzene rings is 1. The Hall–Kier alpha value is -2.05. The highest BCUT2D eigenvalue weighted by Crippen LogP contribution is 2.27.